The number of unbranched alkanes of at least 4 members (excludes halogenated alkanes) is 1. The number of halogens is 1. The number of carbonyl (C=O) groups is 1. The summed E-state index contributed by atoms with van der Waals surface area (Å²) in [6, 6.07) is 6.15. The number of quaternary nitrogens is 1. The van der Waals surface area contributed by atoms with E-state index in [0.29, 0.717) is 6.61 Å². The monoisotopic (exact) mass is 368 g/mol. The van der Waals surface area contributed by atoms with Gasteiger partial charge in [0.25, 0.3) is 0 Å². The van der Waals surface area contributed by atoms with E-state index in [1.54, 1.807) is 12.0 Å². The number of hydrogen-bond donors (Lipinski definition) is 2. The second-order valence-corrected chi connectivity index (χ2v) is 6.13. The normalized spacial score (nSPS) is 11.8. The molecule has 2 aromatic rings. The molecule has 0 spiro atoms. The number of carbonyl (C=O) groups excluding carboxylic acids is 1. The third kappa shape index (κ3) is 6.59. The summed E-state index contributed by atoms with van der Waals surface area (Å²) in [5.74, 6) is 0.706. The highest BCUT2D eigenvalue weighted by atomic mass is 35.5. The fourth-order valence-corrected chi connectivity index (χ4v) is 2.97. The van der Waals surface area contributed by atoms with Gasteiger partial charge in [-0.25, -0.2) is 0 Å². The van der Waals surface area contributed by atoms with Gasteiger partial charge in [-0.1, -0.05) is 0 Å². The minimum absolute atomic E-state index is 0. The number of hydrogen-bond acceptors (Lipinski definition) is 3. The van der Waals surface area contributed by atoms with E-state index < -0.39 is 0 Å². The lowest BCUT2D eigenvalue weighted by atomic mass is 10.1. The first-order valence-electron chi connectivity index (χ1n) is 8.75. The number of nitrogens with one attached hydrogen (secondary N) is 2. The minimum Gasteiger partial charge on any atom is -1.00 e. The Kier molecular flexibility index (Phi) is 9.39. The van der Waals surface area contributed by atoms with Crippen LogP contribution in [-0.2, 0) is 16.0 Å². The van der Waals surface area contributed by atoms with Crippen LogP contribution in [0.4, 0.5) is 0 Å². The van der Waals surface area contributed by atoms with Crippen LogP contribution in [0.3, 0.4) is 0 Å². The molecule has 140 valence electrons. The summed E-state index contributed by atoms with van der Waals surface area (Å²) < 4.78 is 10.3. The Balaban J connectivity index is 0.00000312. The lowest BCUT2D eigenvalue weighted by molar-refractivity contribution is -0.898. The van der Waals surface area contributed by atoms with E-state index in [4.69, 9.17) is 9.47 Å². The predicted molar refractivity (Wildman–Crippen MR) is 95.7 cm³/mol. The lowest BCUT2D eigenvalue weighted by Gasteiger charge is -2.17. The number of H-pyrrole nitrogens is 1. The van der Waals surface area contributed by atoms with Crippen LogP contribution < -0.4 is 22.0 Å². The molecule has 0 saturated carbocycles. The van der Waals surface area contributed by atoms with Gasteiger partial charge in [-0.15, -0.1) is 0 Å². The van der Waals surface area contributed by atoms with Crippen LogP contribution in [0.25, 0.3) is 10.9 Å². The van der Waals surface area contributed by atoms with E-state index in [0.717, 1.165) is 50.2 Å². The predicted octanol–water partition coefficient (Wildman–Crippen LogP) is -1.03. The SMILES string of the molecule is CC[NH+](CCCCOC(C)=O)CCc1c[nH]c2ccc(OC)cc12.[Cl-]. The van der Waals surface area contributed by atoms with Crippen molar-refractivity contribution in [1.29, 1.82) is 0 Å². The van der Waals surface area contributed by atoms with Crippen molar-refractivity contribution in [1.82, 2.24) is 4.98 Å². The molecule has 1 aromatic carbocycles. The highest BCUT2D eigenvalue weighted by molar-refractivity contribution is 5.84. The zero-order valence-corrected chi connectivity index (χ0v) is 16.1. The molecule has 25 heavy (non-hydrogen) atoms. The van der Waals surface area contributed by atoms with Gasteiger partial charge in [-0.2, -0.15) is 0 Å². The van der Waals surface area contributed by atoms with Crippen molar-refractivity contribution in [3.8, 4) is 5.75 Å². The van der Waals surface area contributed by atoms with Gasteiger partial charge >= 0.3 is 5.97 Å². The second kappa shape index (κ2) is 11.0. The maximum Gasteiger partial charge on any atom is 0.302 e. The molecular formula is C19H29ClN2O3. The molecule has 2 N–H and O–H groups in total. The van der Waals surface area contributed by atoms with Gasteiger partial charge in [0, 0.05) is 30.4 Å². The number of fused-ring (bicyclic) bond motifs is 1. The number of rotatable bonds is 10. The fourth-order valence-electron chi connectivity index (χ4n) is 2.97. The largest absolute Gasteiger partial charge is 1.00 e. The van der Waals surface area contributed by atoms with Crippen LogP contribution in [0.2, 0.25) is 0 Å². The zero-order chi connectivity index (χ0) is 17.4. The van der Waals surface area contributed by atoms with Crippen molar-refractivity contribution in [2.24, 2.45) is 0 Å². The Morgan fingerprint density at radius 3 is 2.72 bits per heavy atom. The third-order valence-electron chi connectivity index (χ3n) is 4.45. The Morgan fingerprint density at radius 1 is 1.24 bits per heavy atom. The summed E-state index contributed by atoms with van der Waals surface area (Å²) in [7, 11) is 1.70. The lowest BCUT2D eigenvalue weighted by Crippen LogP contribution is -3.12. The summed E-state index contributed by atoms with van der Waals surface area (Å²) in [6.45, 7) is 7.55. The molecule has 2 rings (SSSR count). The number of aromatic amines is 1. The molecule has 0 bridgehead atoms. The maximum atomic E-state index is 10.7. The Bertz CT molecular complexity index is 657. The van der Waals surface area contributed by atoms with Crippen LogP contribution in [0.5, 0.6) is 5.75 Å². The number of benzene rings is 1. The molecule has 0 fully saturated rings. The summed E-state index contributed by atoms with van der Waals surface area (Å²) in [5, 5.41) is 1.25. The van der Waals surface area contributed by atoms with Crippen molar-refractivity contribution in [3.63, 3.8) is 0 Å². The number of likely N-dealkylation sites (N-methyl/N-ethyl adjacent to an activating group) is 1. The van der Waals surface area contributed by atoms with Gasteiger partial charge in [0.15, 0.2) is 0 Å². The summed E-state index contributed by atoms with van der Waals surface area (Å²) >= 11 is 0. The van der Waals surface area contributed by atoms with Crippen molar-refractivity contribution in [3.05, 3.63) is 30.0 Å². The molecule has 1 aromatic heterocycles. The average molecular weight is 369 g/mol. The zero-order valence-electron chi connectivity index (χ0n) is 15.4. The molecule has 0 radical (unpaired) electrons. The van der Waals surface area contributed by atoms with Crippen molar-refractivity contribution in [2.75, 3.05) is 33.4 Å². The number of esters is 1. The molecule has 1 atom stereocenters. The quantitative estimate of drug-likeness (QED) is 0.416. The standard InChI is InChI=1S/C19H28N2O3.ClH/c1-4-21(10-5-6-12-24-15(2)22)11-9-16-14-20-19-8-7-17(23-3)13-18(16)19;/h7-8,13-14,20H,4-6,9-12H2,1-3H3;1H. The Morgan fingerprint density at radius 2 is 2.04 bits per heavy atom. The molecule has 6 heteroatoms. The van der Waals surface area contributed by atoms with E-state index >= 15 is 0 Å². The summed E-state index contributed by atoms with van der Waals surface area (Å²) in [6.07, 6.45) is 5.17. The van der Waals surface area contributed by atoms with Gasteiger partial charge in [-0.05, 0) is 43.5 Å². The first-order chi connectivity index (χ1) is 11.6. The van der Waals surface area contributed by atoms with Gasteiger partial charge in [0.2, 0.25) is 0 Å². The van der Waals surface area contributed by atoms with Crippen molar-refractivity contribution >= 4 is 16.9 Å². The molecule has 1 heterocycles. The van der Waals surface area contributed by atoms with E-state index in [1.807, 2.05) is 6.07 Å². The van der Waals surface area contributed by atoms with E-state index in [9.17, 15) is 4.79 Å². The molecule has 0 saturated heterocycles. The third-order valence-corrected chi connectivity index (χ3v) is 4.45. The fraction of sp³-hybridized carbons (Fsp3) is 0.526. The second-order valence-electron chi connectivity index (χ2n) is 6.13. The Hall–Kier alpha value is -1.72. The highest BCUT2D eigenvalue weighted by Crippen LogP contribution is 2.23. The van der Waals surface area contributed by atoms with Crippen LogP contribution in [0, 0.1) is 0 Å². The maximum absolute atomic E-state index is 10.7. The van der Waals surface area contributed by atoms with Crippen LogP contribution >= 0.6 is 0 Å². The molecule has 5 nitrogen and oxygen atoms in total. The molecule has 0 amide bonds. The molecular weight excluding hydrogens is 340 g/mol. The molecule has 0 aliphatic rings. The molecule has 0 aliphatic heterocycles. The van der Waals surface area contributed by atoms with Crippen molar-refractivity contribution in [2.45, 2.75) is 33.1 Å². The van der Waals surface area contributed by atoms with Gasteiger partial charge < -0.3 is 31.8 Å². The van der Waals surface area contributed by atoms with Gasteiger partial charge in [-0.3, -0.25) is 4.79 Å². The average Bonchev–Trinajstić information content (AvgIpc) is 2.99. The minimum atomic E-state index is -0.190. The van der Waals surface area contributed by atoms with Gasteiger partial charge in [0.1, 0.15) is 5.75 Å². The molecule has 1 unspecified atom stereocenters. The van der Waals surface area contributed by atoms with Crippen LogP contribution in [0.1, 0.15) is 32.3 Å². The van der Waals surface area contributed by atoms with Crippen LogP contribution in [-0.4, -0.2) is 44.3 Å². The molecule has 0 aliphatic carbocycles. The van der Waals surface area contributed by atoms with E-state index in [-0.39, 0.29) is 18.4 Å². The highest BCUT2D eigenvalue weighted by Gasteiger charge is 2.10. The smallest absolute Gasteiger partial charge is 0.302 e. The van der Waals surface area contributed by atoms with Crippen LogP contribution in [0.15, 0.2) is 24.4 Å². The summed E-state index contributed by atoms with van der Waals surface area (Å²) in [5.41, 5.74) is 2.50. The van der Waals surface area contributed by atoms with E-state index in [1.165, 1.54) is 17.9 Å². The topological polar surface area (TPSA) is 55.8 Å². The number of aromatic nitrogens is 1. The summed E-state index contributed by atoms with van der Waals surface area (Å²) in [4.78, 5) is 15.7. The Labute approximate surface area is 156 Å². The first-order valence-corrected chi connectivity index (χ1v) is 8.75. The van der Waals surface area contributed by atoms with E-state index in [2.05, 4.69) is 30.2 Å². The van der Waals surface area contributed by atoms with Gasteiger partial charge in [0.05, 0.1) is 33.4 Å². The first kappa shape index (κ1) is 21.3. The van der Waals surface area contributed by atoms with Crippen molar-refractivity contribution < 1.29 is 31.6 Å². The number of methoxy groups -OCH3 is 1. The number of ether oxygens (including phenoxy) is 2.